The van der Waals surface area contributed by atoms with E-state index in [9.17, 15) is 9.59 Å². The molecule has 0 unspecified atom stereocenters. The summed E-state index contributed by atoms with van der Waals surface area (Å²) in [6, 6.07) is 0. The first-order chi connectivity index (χ1) is 8.21. The van der Waals surface area contributed by atoms with Crippen LogP contribution >= 0.6 is 0 Å². The highest BCUT2D eigenvalue weighted by Gasteiger charge is 2.64. The highest BCUT2D eigenvalue weighted by Crippen LogP contribution is 2.66. The second kappa shape index (κ2) is 3.28. The maximum atomic E-state index is 11.8. The number of Topliss-reactive ketones (excluding diaryl/α,β-unsaturated/α-hetero) is 1. The minimum Gasteiger partial charge on any atom is -0.444 e. The number of hydrogen-bond donors (Lipinski definition) is 0. The lowest BCUT2D eigenvalue weighted by Gasteiger charge is -2.66. The van der Waals surface area contributed by atoms with Crippen LogP contribution in [0.5, 0.6) is 0 Å². The van der Waals surface area contributed by atoms with E-state index in [0.717, 1.165) is 38.8 Å². The van der Waals surface area contributed by atoms with E-state index in [1.54, 1.807) is 4.90 Å². The van der Waals surface area contributed by atoms with E-state index in [4.69, 9.17) is 4.74 Å². The van der Waals surface area contributed by atoms with E-state index in [1.165, 1.54) is 0 Å². The standard InChI is InChI=1S/C14H21NO3/c1-12(2,3)18-11(17)15-8-14(9-15)6-13(7-14)4-10(16)5-13/h4-9H2,1-3H3. The van der Waals surface area contributed by atoms with Gasteiger partial charge in [-0.2, -0.15) is 0 Å². The van der Waals surface area contributed by atoms with Crippen molar-refractivity contribution in [3.8, 4) is 0 Å². The Morgan fingerprint density at radius 3 is 2.17 bits per heavy atom. The van der Waals surface area contributed by atoms with Gasteiger partial charge >= 0.3 is 6.09 Å². The summed E-state index contributed by atoms with van der Waals surface area (Å²) >= 11 is 0. The number of likely N-dealkylation sites (tertiary alicyclic amines) is 1. The molecule has 18 heavy (non-hydrogen) atoms. The first kappa shape index (κ1) is 12.0. The molecular formula is C14H21NO3. The van der Waals surface area contributed by atoms with Crippen molar-refractivity contribution in [2.45, 2.75) is 52.1 Å². The maximum Gasteiger partial charge on any atom is 0.410 e. The van der Waals surface area contributed by atoms with Gasteiger partial charge in [-0.15, -0.1) is 0 Å². The van der Waals surface area contributed by atoms with E-state index in [2.05, 4.69) is 0 Å². The molecule has 0 bridgehead atoms. The van der Waals surface area contributed by atoms with Gasteiger partial charge in [0, 0.05) is 31.3 Å². The van der Waals surface area contributed by atoms with E-state index in [-0.39, 0.29) is 6.09 Å². The minimum atomic E-state index is -0.416. The molecule has 2 aliphatic carbocycles. The molecule has 0 atom stereocenters. The topological polar surface area (TPSA) is 46.6 Å². The number of ketones is 1. The molecule has 0 radical (unpaired) electrons. The smallest absolute Gasteiger partial charge is 0.410 e. The van der Waals surface area contributed by atoms with Crippen LogP contribution in [0.3, 0.4) is 0 Å². The number of amides is 1. The van der Waals surface area contributed by atoms with Gasteiger partial charge in [0.2, 0.25) is 0 Å². The Labute approximate surface area is 108 Å². The van der Waals surface area contributed by atoms with Crippen LogP contribution in [-0.2, 0) is 9.53 Å². The van der Waals surface area contributed by atoms with Crippen molar-refractivity contribution in [2.24, 2.45) is 10.8 Å². The van der Waals surface area contributed by atoms with Crippen molar-refractivity contribution in [1.82, 2.24) is 4.90 Å². The largest absolute Gasteiger partial charge is 0.444 e. The summed E-state index contributed by atoms with van der Waals surface area (Å²) in [5.41, 5.74) is 0.232. The van der Waals surface area contributed by atoms with Gasteiger partial charge in [-0.25, -0.2) is 4.79 Å². The summed E-state index contributed by atoms with van der Waals surface area (Å²) in [4.78, 5) is 24.7. The molecule has 0 aromatic carbocycles. The fourth-order valence-electron chi connectivity index (χ4n) is 4.02. The number of hydrogen-bond acceptors (Lipinski definition) is 3. The predicted octanol–water partition coefficient (Wildman–Crippen LogP) is 2.37. The van der Waals surface area contributed by atoms with Crippen LogP contribution in [0.2, 0.25) is 0 Å². The molecule has 4 nitrogen and oxygen atoms in total. The predicted molar refractivity (Wildman–Crippen MR) is 66.1 cm³/mol. The molecule has 3 fully saturated rings. The van der Waals surface area contributed by atoms with Crippen molar-refractivity contribution in [1.29, 1.82) is 0 Å². The Kier molecular flexibility index (Phi) is 2.19. The molecule has 100 valence electrons. The molecule has 2 saturated carbocycles. The van der Waals surface area contributed by atoms with Gasteiger partial charge in [0.05, 0.1) is 0 Å². The first-order valence-electron chi connectivity index (χ1n) is 6.71. The van der Waals surface area contributed by atoms with Crippen molar-refractivity contribution in [3.05, 3.63) is 0 Å². The number of carbonyl (C=O) groups excluding carboxylic acids is 2. The molecule has 0 N–H and O–H groups in total. The molecule has 0 aromatic heterocycles. The van der Waals surface area contributed by atoms with Gasteiger partial charge in [-0.3, -0.25) is 4.79 Å². The Morgan fingerprint density at radius 1 is 1.17 bits per heavy atom. The third kappa shape index (κ3) is 1.82. The molecule has 2 spiro atoms. The summed E-state index contributed by atoms with van der Waals surface area (Å²) in [6.45, 7) is 7.30. The zero-order valence-corrected chi connectivity index (χ0v) is 11.4. The maximum absolute atomic E-state index is 11.8. The quantitative estimate of drug-likeness (QED) is 0.664. The van der Waals surface area contributed by atoms with Gasteiger partial charge < -0.3 is 9.64 Å². The van der Waals surface area contributed by atoms with Crippen LogP contribution in [0.1, 0.15) is 46.5 Å². The number of rotatable bonds is 0. The third-order valence-corrected chi connectivity index (χ3v) is 4.35. The molecule has 1 saturated heterocycles. The SMILES string of the molecule is CC(C)(C)OC(=O)N1CC2(C1)CC1(CC(=O)C1)C2. The number of carbonyl (C=O) groups is 2. The Hall–Kier alpha value is -1.06. The molecule has 0 aromatic rings. The van der Waals surface area contributed by atoms with Crippen LogP contribution in [0.4, 0.5) is 4.79 Å². The van der Waals surface area contributed by atoms with Gasteiger partial charge in [-0.1, -0.05) is 0 Å². The number of nitrogens with zero attached hydrogens (tertiary/aromatic N) is 1. The average molecular weight is 251 g/mol. The lowest BCUT2D eigenvalue weighted by atomic mass is 9.43. The lowest BCUT2D eigenvalue weighted by molar-refractivity contribution is -0.177. The zero-order chi connectivity index (χ0) is 13.2. The molecule has 3 rings (SSSR count). The summed E-state index contributed by atoms with van der Waals surface area (Å²) in [5, 5.41) is 0. The molecule has 4 heteroatoms. The molecule has 1 amide bonds. The fraction of sp³-hybridized carbons (Fsp3) is 0.857. The van der Waals surface area contributed by atoms with Gasteiger partial charge in [0.15, 0.2) is 0 Å². The van der Waals surface area contributed by atoms with Crippen molar-refractivity contribution in [2.75, 3.05) is 13.1 Å². The van der Waals surface area contributed by atoms with Crippen molar-refractivity contribution >= 4 is 11.9 Å². The zero-order valence-electron chi connectivity index (χ0n) is 11.4. The summed E-state index contributed by atoms with van der Waals surface area (Å²) in [6.07, 6.45) is 3.62. The van der Waals surface area contributed by atoms with Crippen LogP contribution in [0, 0.1) is 10.8 Å². The van der Waals surface area contributed by atoms with Gasteiger partial charge in [-0.05, 0) is 39.0 Å². The summed E-state index contributed by atoms with van der Waals surface area (Å²) in [7, 11) is 0. The Bertz CT molecular complexity index is 397. The van der Waals surface area contributed by atoms with Crippen LogP contribution < -0.4 is 0 Å². The van der Waals surface area contributed by atoms with Crippen LogP contribution in [0.25, 0.3) is 0 Å². The van der Waals surface area contributed by atoms with E-state index in [1.807, 2.05) is 20.8 Å². The molecule has 1 aliphatic heterocycles. The average Bonchev–Trinajstić information content (AvgIpc) is 2.00. The highest BCUT2D eigenvalue weighted by molar-refractivity contribution is 5.86. The van der Waals surface area contributed by atoms with Gasteiger partial charge in [0.25, 0.3) is 0 Å². The summed E-state index contributed by atoms with van der Waals surface area (Å²) < 4.78 is 5.35. The second-order valence-electron chi connectivity index (χ2n) is 7.58. The third-order valence-electron chi connectivity index (χ3n) is 4.35. The van der Waals surface area contributed by atoms with Crippen molar-refractivity contribution in [3.63, 3.8) is 0 Å². The van der Waals surface area contributed by atoms with E-state index >= 15 is 0 Å². The monoisotopic (exact) mass is 251 g/mol. The molecule has 3 aliphatic rings. The van der Waals surface area contributed by atoms with Crippen LogP contribution in [0.15, 0.2) is 0 Å². The first-order valence-corrected chi connectivity index (χ1v) is 6.71. The fourth-order valence-corrected chi connectivity index (χ4v) is 4.02. The summed E-state index contributed by atoms with van der Waals surface area (Å²) in [5.74, 6) is 0.410. The van der Waals surface area contributed by atoms with E-state index < -0.39 is 5.60 Å². The lowest BCUT2D eigenvalue weighted by Crippen LogP contribution is -2.69. The number of ether oxygens (including phenoxy) is 1. The Morgan fingerprint density at radius 2 is 1.72 bits per heavy atom. The van der Waals surface area contributed by atoms with E-state index in [0.29, 0.717) is 16.6 Å². The van der Waals surface area contributed by atoms with Gasteiger partial charge in [0.1, 0.15) is 11.4 Å². The normalized spacial score (nSPS) is 27.5. The highest BCUT2D eigenvalue weighted by atomic mass is 16.6. The Balaban J connectivity index is 1.47. The molecule has 1 heterocycles. The van der Waals surface area contributed by atoms with Crippen LogP contribution in [-0.4, -0.2) is 35.5 Å². The molecular weight excluding hydrogens is 230 g/mol. The van der Waals surface area contributed by atoms with Crippen molar-refractivity contribution < 1.29 is 14.3 Å². The second-order valence-corrected chi connectivity index (χ2v) is 7.58. The minimum absolute atomic E-state index is 0.196.